The first-order valence-corrected chi connectivity index (χ1v) is 9.63. The van der Waals surface area contributed by atoms with Crippen molar-refractivity contribution >= 4 is 22.0 Å². The predicted octanol–water partition coefficient (Wildman–Crippen LogP) is 3.07. The van der Waals surface area contributed by atoms with Gasteiger partial charge in [0.1, 0.15) is 11.6 Å². The number of hydrogen-bond acceptors (Lipinski definition) is 3. The maximum Gasteiger partial charge on any atom is 0.236 e. The number of halogens is 2. The third-order valence-corrected chi connectivity index (χ3v) is 5.32. The first-order chi connectivity index (χ1) is 12.7. The highest BCUT2D eigenvalue weighted by molar-refractivity contribution is 7.92. The molecule has 0 heterocycles. The van der Waals surface area contributed by atoms with Crippen LogP contribution in [-0.4, -0.2) is 32.2 Å². The Morgan fingerprint density at radius 3 is 2.48 bits per heavy atom. The van der Waals surface area contributed by atoms with Crippen LogP contribution in [0, 0.1) is 11.6 Å². The van der Waals surface area contributed by atoms with Crippen molar-refractivity contribution in [3.05, 3.63) is 76.7 Å². The van der Waals surface area contributed by atoms with Gasteiger partial charge in [-0.25, -0.2) is 17.2 Å². The van der Waals surface area contributed by atoms with E-state index in [2.05, 4.69) is 5.32 Å². The Hall–Kier alpha value is -2.58. The molecule has 0 bridgehead atoms. The molecule has 144 valence electrons. The molecule has 0 aromatic heterocycles. The average molecular weight is 394 g/mol. The average Bonchev–Trinajstić information content (AvgIpc) is 2.60. The Balaban J connectivity index is 1.98. The number of nitrogens with one attached hydrogen (secondary N) is 1. The second-order valence-electron chi connectivity index (χ2n) is 5.97. The summed E-state index contributed by atoms with van der Waals surface area (Å²) in [6.45, 7) is 1.09. The lowest BCUT2D eigenvalue weighted by atomic mass is 10.1. The minimum absolute atomic E-state index is 0.110. The van der Waals surface area contributed by atoms with Crippen molar-refractivity contribution in [1.82, 2.24) is 9.62 Å². The highest BCUT2D eigenvalue weighted by Crippen LogP contribution is 2.17. The number of rotatable bonds is 7. The molecule has 0 aliphatic carbocycles. The molecule has 0 fully saturated rings. The lowest BCUT2D eigenvalue weighted by molar-refractivity contribution is -0.121. The van der Waals surface area contributed by atoms with Gasteiger partial charge in [-0.1, -0.05) is 36.4 Å². The normalized spacial score (nSPS) is 13.1. The van der Waals surface area contributed by atoms with Gasteiger partial charge in [0.15, 0.2) is 0 Å². The Kier molecular flexibility index (Phi) is 6.81. The second-order valence-corrected chi connectivity index (χ2v) is 7.89. The minimum Gasteiger partial charge on any atom is -0.348 e. The molecule has 5 nitrogen and oxygen atoms in total. The number of sulfonamides is 1. The van der Waals surface area contributed by atoms with Crippen molar-refractivity contribution in [3.8, 4) is 0 Å². The summed E-state index contributed by atoms with van der Waals surface area (Å²) in [5.41, 5.74) is 0.818. The number of carbonyl (C=O) groups is 1. The van der Waals surface area contributed by atoms with E-state index in [-0.39, 0.29) is 5.56 Å². The van der Waals surface area contributed by atoms with Crippen LogP contribution in [0.25, 0.3) is 6.08 Å². The number of hydrogen-bond donors (Lipinski definition) is 1. The smallest absolute Gasteiger partial charge is 0.236 e. The van der Waals surface area contributed by atoms with Crippen molar-refractivity contribution in [2.24, 2.45) is 0 Å². The molecule has 0 radical (unpaired) electrons. The fourth-order valence-electron chi connectivity index (χ4n) is 2.34. The van der Waals surface area contributed by atoms with Crippen molar-refractivity contribution in [1.29, 1.82) is 0 Å². The largest absolute Gasteiger partial charge is 0.348 e. The molecular weight excluding hydrogens is 374 g/mol. The summed E-state index contributed by atoms with van der Waals surface area (Å²) in [5.74, 6) is -2.11. The van der Waals surface area contributed by atoms with E-state index >= 15 is 0 Å². The van der Waals surface area contributed by atoms with Crippen LogP contribution in [0.15, 0.2) is 53.9 Å². The Bertz CT molecular complexity index is 931. The summed E-state index contributed by atoms with van der Waals surface area (Å²) in [4.78, 5) is 12.1. The van der Waals surface area contributed by atoms with Crippen LogP contribution in [0.1, 0.15) is 24.1 Å². The summed E-state index contributed by atoms with van der Waals surface area (Å²) in [6, 6.07) is 11.2. The molecule has 0 aliphatic heterocycles. The van der Waals surface area contributed by atoms with Gasteiger partial charge in [-0.3, -0.25) is 4.79 Å². The SMILES string of the molecule is C[C@@H](NC(=O)CN(C)S(=O)(=O)/C=C/c1ccccc1)c1ccc(F)cc1F. The summed E-state index contributed by atoms with van der Waals surface area (Å²) in [5, 5.41) is 3.51. The summed E-state index contributed by atoms with van der Waals surface area (Å²) >= 11 is 0. The molecule has 8 heteroatoms. The third kappa shape index (κ3) is 5.97. The molecule has 0 saturated heterocycles. The lowest BCUT2D eigenvalue weighted by Crippen LogP contribution is -2.38. The number of benzene rings is 2. The fourth-order valence-corrected chi connectivity index (χ4v) is 3.18. The van der Waals surface area contributed by atoms with Gasteiger partial charge in [0.25, 0.3) is 0 Å². The topological polar surface area (TPSA) is 66.5 Å². The van der Waals surface area contributed by atoms with Crippen LogP contribution in [0.3, 0.4) is 0 Å². The molecule has 0 spiro atoms. The zero-order valence-electron chi connectivity index (χ0n) is 14.9. The molecule has 0 saturated carbocycles. The Morgan fingerprint density at radius 1 is 1.19 bits per heavy atom. The van der Waals surface area contributed by atoms with Gasteiger partial charge in [0, 0.05) is 24.1 Å². The highest BCUT2D eigenvalue weighted by atomic mass is 32.2. The minimum atomic E-state index is -3.80. The van der Waals surface area contributed by atoms with Crippen LogP contribution in [0.4, 0.5) is 8.78 Å². The van der Waals surface area contributed by atoms with Gasteiger partial charge in [0.05, 0.1) is 12.6 Å². The number of likely N-dealkylation sites (N-methyl/N-ethyl adjacent to an activating group) is 1. The van der Waals surface area contributed by atoms with E-state index in [1.54, 1.807) is 24.3 Å². The van der Waals surface area contributed by atoms with Crippen molar-refractivity contribution < 1.29 is 22.0 Å². The van der Waals surface area contributed by atoms with E-state index in [9.17, 15) is 22.0 Å². The first kappa shape index (κ1) is 20.7. The van der Waals surface area contributed by atoms with Crippen LogP contribution in [0.5, 0.6) is 0 Å². The molecule has 1 N–H and O–H groups in total. The number of amides is 1. The molecule has 2 rings (SSSR count). The predicted molar refractivity (Wildman–Crippen MR) is 99.9 cm³/mol. The molecule has 2 aromatic rings. The maximum absolute atomic E-state index is 13.8. The summed E-state index contributed by atoms with van der Waals surface area (Å²) in [6.07, 6.45) is 1.43. The van der Waals surface area contributed by atoms with Gasteiger partial charge in [-0.15, -0.1) is 0 Å². The van der Waals surface area contributed by atoms with E-state index < -0.39 is 40.2 Å². The quantitative estimate of drug-likeness (QED) is 0.785. The molecular formula is C19H20F2N2O3S. The highest BCUT2D eigenvalue weighted by Gasteiger charge is 2.20. The lowest BCUT2D eigenvalue weighted by Gasteiger charge is -2.18. The number of carbonyl (C=O) groups excluding carboxylic acids is 1. The Morgan fingerprint density at radius 2 is 1.85 bits per heavy atom. The standard InChI is InChI=1S/C19H20F2N2O3S/c1-14(17-9-8-16(20)12-18(17)21)22-19(24)13-23(2)27(25,26)11-10-15-6-4-3-5-7-15/h3-12,14H,13H2,1-2H3,(H,22,24)/b11-10+/t14-/m1/s1. The summed E-state index contributed by atoms with van der Waals surface area (Å²) < 4.78 is 52.1. The van der Waals surface area contributed by atoms with Gasteiger partial charge in [-0.05, 0) is 24.6 Å². The van der Waals surface area contributed by atoms with Crippen molar-refractivity contribution in [3.63, 3.8) is 0 Å². The van der Waals surface area contributed by atoms with Crippen LogP contribution < -0.4 is 5.32 Å². The third-order valence-electron chi connectivity index (χ3n) is 3.84. The zero-order chi connectivity index (χ0) is 20.0. The van der Waals surface area contributed by atoms with Crippen molar-refractivity contribution in [2.75, 3.05) is 13.6 Å². The van der Waals surface area contributed by atoms with E-state index in [1.165, 1.54) is 26.1 Å². The van der Waals surface area contributed by atoms with Gasteiger partial charge in [0.2, 0.25) is 15.9 Å². The van der Waals surface area contributed by atoms with Crippen LogP contribution in [-0.2, 0) is 14.8 Å². The molecule has 1 amide bonds. The molecule has 0 unspecified atom stereocenters. The van der Waals surface area contributed by atoms with E-state index in [4.69, 9.17) is 0 Å². The molecule has 1 atom stereocenters. The number of nitrogens with zero attached hydrogens (tertiary/aromatic N) is 1. The molecule has 0 aliphatic rings. The second kappa shape index (κ2) is 8.88. The van der Waals surface area contributed by atoms with Crippen LogP contribution >= 0.6 is 0 Å². The first-order valence-electron chi connectivity index (χ1n) is 8.13. The maximum atomic E-state index is 13.8. The zero-order valence-corrected chi connectivity index (χ0v) is 15.7. The van der Waals surface area contributed by atoms with Crippen LogP contribution in [0.2, 0.25) is 0 Å². The van der Waals surface area contributed by atoms with Gasteiger partial charge in [-0.2, -0.15) is 4.31 Å². The Labute approximate surface area is 157 Å². The monoisotopic (exact) mass is 394 g/mol. The van der Waals surface area contributed by atoms with Gasteiger partial charge >= 0.3 is 0 Å². The molecule has 27 heavy (non-hydrogen) atoms. The fraction of sp³-hybridized carbons (Fsp3) is 0.211. The van der Waals surface area contributed by atoms with Gasteiger partial charge < -0.3 is 5.32 Å². The van der Waals surface area contributed by atoms with E-state index in [1.807, 2.05) is 6.07 Å². The summed E-state index contributed by atoms with van der Waals surface area (Å²) in [7, 11) is -2.53. The van der Waals surface area contributed by atoms with E-state index in [0.29, 0.717) is 5.56 Å². The van der Waals surface area contributed by atoms with E-state index in [0.717, 1.165) is 21.8 Å². The van der Waals surface area contributed by atoms with Crippen molar-refractivity contribution in [2.45, 2.75) is 13.0 Å². The molecule has 2 aromatic carbocycles.